The molecule has 0 unspecified atom stereocenters. The topological polar surface area (TPSA) is 38.5 Å². The number of hydrogen-bond donors (Lipinski definition) is 1. The third kappa shape index (κ3) is 1.59. The van der Waals surface area contributed by atoms with Crippen LogP contribution in [-0.4, -0.2) is 19.3 Å². The van der Waals surface area contributed by atoms with Crippen LogP contribution in [0.2, 0.25) is 5.02 Å². The normalized spacial score (nSPS) is 11.3. The lowest BCUT2D eigenvalue weighted by atomic mass is 10.3. The van der Waals surface area contributed by atoms with Gasteiger partial charge < -0.3 is 4.98 Å². The molecule has 0 saturated heterocycles. The van der Waals surface area contributed by atoms with Crippen molar-refractivity contribution in [2.45, 2.75) is 6.92 Å². The number of fused-ring (bicyclic) bond motifs is 1. The van der Waals surface area contributed by atoms with E-state index in [1.54, 1.807) is 4.68 Å². The summed E-state index contributed by atoms with van der Waals surface area (Å²) in [6, 6.07) is 5.74. The predicted molar refractivity (Wildman–Crippen MR) is 75.0 cm³/mol. The summed E-state index contributed by atoms with van der Waals surface area (Å²) in [6.45, 7) is 1.96. The van der Waals surface area contributed by atoms with Crippen LogP contribution >= 0.6 is 23.8 Å². The summed E-state index contributed by atoms with van der Waals surface area (Å²) in [5.74, 6) is 0. The van der Waals surface area contributed by atoms with E-state index in [1.165, 1.54) is 0 Å². The van der Waals surface area contributed by atoms with Crippen LogP contribution in [0, 0.1) is 11.7 Å². The van der Waals surface area contributed by atoms with E-state index in [2.05, 4.69) is 10.1 Å². The molecule has 0 spiro atoms. The Morgan fingerprint density at radius 2 is 2.17 bits per heavy atom. The number of nitrogens with one attached hydrogen (secondary N) is 1. The summed E-state index contributed by atoms with van der Waals surface area (Å²) in [5, 5.41) is 5.01. The molecule has 3 aromatic rings. The monoisotopic (exact) mass is 278 g/mol. The molecular weight excluding hydrogens is 268 g/mol. The van der Waals surface area contributed by atoms with E-state index in [4.69, 9.17) is 23.8 Å². The van der Waals surface area contributed by atoms with Crippen LogP contribution in [0.15, 0.2) is 24.4 Å². The van der Waals surface area contributed by atoms with Crippen LogP contribution < -0.4 is 0 Å². The van der Waals surface area contributed by atoms with Crippen molar-refractivity contribution in [2.24, 2.45) is 7.05 Å². The van der Waals surface area contributed by atoms with Gasteiger partial charge >= 0.3 is 0 Å². The first kappa shape index (κ1) is 11.5. The Morgan fingerprint density at radius 1 is 1.39 bits per heavy atom. The van der Waals surface area contributed by atoms with E-state index in [0.717, 1.165) is 22.4 Å². The van der Waals surface area contributed by atoms with Crippen molar-refractivity contribution < 1.29 is 0 Å². The number of benzene rings is 1. The molecule has 0 aliphatic heterocycles. The van der Waals surface area contributed by atoms with Crippen molar-refractivity contribution in [3.05, 3.63) is 39.9 Å². The number of hydrogen-bond acceptors (Lipinski definition) is 2. The molecule has 1 aromatic carbocycles. The summed E-state index contributed by atoms with van der Waals surface area (Å²) in [5.41, 5.74) is 3.71. The van der Waals surface area contributed by atoms with Gasteiger partial charge in [-0.2, -0.15) is 5.10 Å². The highest BCUT2D eigenvalue weighted by Crippen LogP contribution is 2.26. The Bertz CT molecular complexity index is 796. The van der Waals surface area contributed by atoms with Crippen LogP contribution in [0.5, 0.6) is 0 Å². The van der Waals surface area contributed by atoms with Crippen LogP contribution in [0.25, 0.3) is 16.7 Å². The Morgan fingerprint density at radius 3 is 2.83 bits per heavy atom. The smallest absolute Gasteiger partial charge is 0.182 e. The second kappa shape index (κ2) is 3.96. The Labute approximate surface area is 114 Å². The Balaban J connectivity index is 2.43. The van der Waals surface area contributed by atoms with Gasteiger partial charge in [0.05, 0.1) is 27.4 Å². The first-order valence-electron chi connectivity index (χ1n) is 5.48. The minimum atomic E-state index is 0.620. The highest BCUT2D eigenvalue weighted by Gasteiger charge is 2.12. The van der Waals surface area contributed by atoms with E-state index in [9.17, 15) is 0 Å². The lowest BCUT2D eigenvalue weighted by molar-refractivity contribution is 0.756. The number of aromatic amines is 1. The summed E-state index contributed by atoms with van der Waals surface area (Å²) < 4.78 is 4.35. The van der Waals surface area contributed by atoms with Crippen molar-refractivity contribution in [3.63, 3.8) is 0 Å². The molecule has 6 heteroatoms. The van der Waals surface area contributed by atoms with Gasteiger partial charge in [-0.05, 0) is 31.3 Å². The largest absolute Gasteiger partial charge is 0.329 e. The molecule has 2 heterocycles. The molecule has 3 rings (SSSR count). The van der Waals surface area contributed by atoms with Gasteiger partial charge in [-0.1, -0.05) is 17.7 Å². The van der Waals surface area contributed by atoms with E-state index >= 15 is 0 Å². The first-order chi connectivity index (χ1) is 8.58. The van der Waals surface area contributed by atoms with Crippen molar-refractivity contribution in [1.29, 1.82) is 0 Å². The zero-order chi connectivity index (χ0) is 12.9. The molecule has 0 fully saturated rings. The maximum atomic E-state index is 6.16. The Hall–Kier alpha value is -1.59. The van der Waals surface area contributed by atoms with E-state index < -0.39 is 0 Å². The number of halogens is 1. The predicted octanol–water partition coefficient (Wildman–Crippen LogP) is 3.38. The van der Waals surface area contributed by atoms with Crippen molar-refractivity contribution in [1.82, 2.24) is 19.3 Å². The second-order valence-electron chi connectivity index (χ2n) is 4.17. The fraction of sp³-hybridized carbons (Fsp3) is 0.167. The summed E-state index contributed by atoms with van der Waals surface area (Å²) in [7, 11) is 1.89. The molecule has 0 amide bonds. The molecule has 4 nitrogen and oxygen atoms in total. The van der Waals surface area contributed by atoms with Gasteiger partial charge in [0.1, 0.15) is 0 Å². The molecule has 92 valence electrons. The fourth-order valence-corrected chi connectivity index (χ4v) is 2.66. The third-order valence-electron chi connectivity index (χ3n) is 2.90. The minimum Gasteiger partial charge on any atom is -0.329 e. The minimum absolute atomic E-state index is 0.620. The summed E-state index contributed by atoms with van der Waals surface area (Å²) in [4.78, 5) is 3.14. The van der Waals surface area contributed by atoms with Crippen LogP contribution in [0.4, 0.5) is 0 Å². The number of nitrogens with zero attached hydrogens (tertiary/aromatic N) is 3. The average molecular weight is 279 g/mol. The molecule has 2 aromatic heterocycles. The van der Waals surface area contributed by atoms with E-state index in [0.29, 0.717) is 9.79 Å². The maximum absolute atomic E-state index is 6.16. The molecule has 0 atom stereocenters. The zero-order valence-corrected chi connectivity index (χ0v) is 11.5. The van der Waals surface area contributed by atoms with Gasteiger partial charge in [-0.25, -0.2) is 0 Å². The zero-order valence-electron chi connectivity index (χ0n) is 9.94. The lowest BCUT2D eigenvalue weighted by Gasteiger charge is -2.02. The van der Waals surface area contributed by atoms with Crippen molar-refractivity contribution >= 4 is 34.9 Å². The first-order valence-corrected chi connectivity index (χ1v) is 6.26. The Kier molecular flexibility index (Phi) is 2.53. The quantitative estimate of drug-likeness (QED) is 0.693. The van der Waals surface area contributed by atoms with Gasteiger partial charge in [0.15, 0.2) is 4.77 Å². The number of imidazole rings is 1. The van der Waals surface area contributed by atoms with Crippen LogP contribution in [0.1, 0.15) is 5.69 Å². The molecule has 0 radical (unpaired) electrons. The van der Waals surface area contributed by atoms with Gasteiger partial charge in [-0.3, -0.25) is 9.25 Å². The summed E-state index contributed by atoms with van der Waals surface area (Å²) in [6.07, 6.45) is 1.94. The van der Waals surface area contributed by atoms with E-state index in [1.807, 2.05) is 42.9 Å². The highest BCUT2D eigenvalue weighted by molar-refractivity contribution is 7.71. The highest BCUT2D eigenvalue weighted by atomic mass is 35.5. The van der Waals surface area contributed by atoms with Gasteiger partial charge in [0, 0.05) is 13.2 Å². The average Bonchev–Trinajstić information content (AvgIpc) is 2.79. The van der Waals surface area contributed by atoms with Gasteiger partial charge in [0.25, 0.3) is 0 Å². The third-order valence-corrected chi connectivity index (χ3v) is 3.50. The number of para-hydroxylation sites is 1. The molecular formula is C12H11ClN4S. The molecule has 18 heavy (non-hydrogen) atoms. The number of H-pyrrole nitrogens is 1. The molecule has 0 bridgehead atoms. The van der Waals surface area contributed by atoms with Crippen molar-refractivity contribution in [3.8, 4) is 5.69 Å². The van der Waals surface area contributed by atoms with Crippen LogP contribution in [0.3, 0.4) is 0 Å². The van der Waals surface area contributed by atoms with Crippen molar-refractivity contribution in [2.75, 3.05) is 0 Å². The van der Waals surface area contributed by atoms with Crippen LogP contribution in [-0.2, 0) is 7.05 Å². The molecule has 1 N–H and O–H groups in total. The SMILES string of the molecule is Cc1nn(C)cc1-n1c(=S)[nH]c2c(Cl)cccc21. The van der Waals surface area contributed by atoms with Gasteiger partial charge in [-0.15, -0.1) is 0 Å². The lowest BCUT2D eigenvalue weighted by Crippen LogP contribution is -1.94. The number of aromatic nitrogens is 4. The molecule has 0 saturated carbocycles. The van der Waals surface area contributed by atoms with Gasteiger partial charge in [0.2, 0.25) is 0 Å². The number of rotatable bonds is 1. The molecule has 0 aliphatic rings. The standard InChI is InChI=1S/C12H11ClN4S/c1-7-10(6-16(2)15-7)17-9-5-3-4-8(13)11(9)14-12(17)18/h3-6H,1-2H3,(H,14,18). The van der Waals surface area contributed by atoms with E-state index in [-0.39, 0.29) is 0 Å². The summed E-state index contributed by atoms with van der Waals surface area (Å²) >= 11 is 11.5. The maximum Gasteiger partial charge on any atom is 0.182 e. The molecule has 0 aliphatic carbocycles. The second-order valence-corrected chi connectivity index (χ2v) is 4.97. The number of aryl methyl sites for hydroxylation is 2. The fourth-order valence-electron chi connectivity index (χ4n) is 2.14.